The van der Waals surface area contributed by atoms with Crippen molar-refractivity contribution in [1.29, 1.82) is 0 Å². The normalized spacial score (nSPS) is 10.6. The zero-order chi connectivity index (χ0) is 11.5. The van der Waals surface area contributed by atoms with Crippen LogP contribution in [0.2, 0.25) is 0 Å². The van der Waals surface area contributed by atoms with E-state index in [2.05, 4.69) is 0 Å². The zero-order valence-electron chi connectivity index (χ0n) is 8.61. The summed E-state index contributed by atoms with van der Waals surface area (Å²) in [5.74, 6) is -1.22. The van der Waals surface area contributed by atoms with Gasteiger partial charge < -0.3 is 5.11 Å². The van der Waals surface area contributed by atoms with Crippen LogP contribution in [0.15, 0.2) is 36.4 Å². The van der Waals surface area contributed by atoms with Crippen LogP contribution in [0.3, 0.4) is 0 Å². The number of hydrogen-bond donors (Lipinski definition) is 1. The van der Waals surface area contributed by atoms with Crippen molar-refractivity contribution in [2.75, 3.05) is 0 Å². The quantitative estimate of drug-likeness (QED) is 0.859. The Labute approximate surface area is 92.3 Å². The fraction of sp³-hybridized carbons (Fsp3) is 0.154. The highest BCUT2D eigenvalue weighted by Crippen LogP contribution is 2.21. The number of halogens is 1. The molecule has 0 aliphatic carbocycles. The van der Waals surface area contributed by atoms with Gasteiger partial charge in [-0.25, -0.2) is 4.39 Å². The second-order valence-corrected chi connectivity index (χ2v) is 3.65. The SMILES string of the molecule is O=C(O)CCc1ccc2ccccc2c1F. The first-order chi connectivity index (χ1) is 7.68. The molecule has 0 radical (unpaired) electrons. The monoisotopic (exact) mass is 218 g/mol. The molecule has 0 amide bonds. The van der Waals surface area contributed by atoms with Crippen LogP contribution in [0.5, 0.6) is 0 Å². The maximum atomic E-state index is 13.9. The minimum atomic E-state index is -0.910. The summed E-state index contributed by atoms with van der Waals surface area (Å²) in [6.45, 7) is 0. The van der Waals surface area contributed by atoms with Gasteiger partial charge in [-0.2, -0.15) is 0 Å². The molecule has 82 valence electrons. The van der Waals surface area contributed by atoms with Crippen molar-refractivity contribution in [3.8, 4) is 0 Å². The highest BCUT2D eigenvalue weighted by atomic mass is 19.1. The Morgan fingerprint density at radius 3 is 2.69 bits per heavy atom. The molecular formula is C13H11FO2. The van der Waals surface area contributed by atoms with Gasteiger partial charge in [0.05, 0.1) is 0 Å². The summed E-state index contributed by atoms with van der Waals surface area (Å²) in [5, 5.41) is 9.94. The molecule has 0 saturated heterocycles. The summed E-state index contributed by atoms with van der Waals surface area (Å²) in [6, 6.07) is 10.6. The Morgan fingerprint density at radius 1 is 1.19 bits per heavy atom. The highest BCUT2D eigenvalue weighted by Gasteiger charge is 2.08. The number of rotatable bonds is 3. The average molecular weight is 218 g/mol. The number of hydrogen-bond acceptors (Lipinski definition) is 1. The molecule has 2 aromatic carbocycles. The lowest BCUT2D eigenvalue weighted by molar-refractivity contribution is -0.136. The first-order valence-corrected chi connectivity index (χ1v) is 5.06. The van der Waals surface area contributed by atoms with Crippen molar-refractivity contribution in [2.45, 2.75) is 12.8 Å². The number of benzene rings is 2. The van der Waals surface area contributed by atoms with Crippen molar-refractivity contribution in [1.82, 2.24) is 0 Å². The van der Waals surface area contributed by atoms with E-state index in [0.29, 0.717) is 10.9 Å². The van der Waals surface area contributed by atoms with Crippen molar-refractivity contribution in [2.24, 2.45) is 0 Å². The number of carboxylic acids is 1. The van der Waals surface area contributed by atoms with Crippen molar-refractivity contribution >= 4 is 16.7 Å². The van der Waals surface area contributed by atoms with E-state index in [4.69, 9.17) is 5.11 Å². The predicted molar refractivity (Wildman–Crippen MR) is 59.9 cm³/mol. The summed E-state index contributed by atoms with van der Waals surface area (Å²) in [6.07, 6.45) is 0.182. The fourth-order valence-electron chi connectivity index (χ4n) is 1.71. The zero-order valence-corrected chi connectivity index (χ0v) is 8.61. The molecule has 0 spiro atoms. The van der Waals surface area contributed by atoms with E-state index in [0.717, 1.165) is 5.39 Å². The second-order valence-electron chi connectivity index (χ2n) is 3.65. The first kappa shape index (κ1) is 10.6. The van der Waals surface area contributed by atoms with Gasteiger partial charge in [0, 0.05) is 11.8 Å². The molecule has 0 fully saturated rings. The van der Waals surface area contributed by atoms with Gasteiger partial charge in [0.1, 0.15) is 5.82 Å². The van der Waals surface area contributed by atoms with Crippen LogP contribution in [0, 0.1) is 5.82 Å². The summed E-state index contributed by atoms with van der Waals surface area (Å²) >= 11 is 0. The summed E-state index contributed by atoms with van der Waals surface area (Å²) in [7, 11) is 0. The molecule has 2 aromatic rings. The first-order valence-electron chi connectivity index (χ1n) is 5.06. The van der Waals surface area contributed by atoms with E-state index in [-0.39, 0.29) is 18.7 Å². The topological polar surface area (TPSA) is 37.3 Å². The average Bonchev–Trinajstić information content (AvgIpc) is 2.28. The maximum Gasteiger partial charge on any atom is 0.303 e. The standard InChI is InChI=1S/C13H11FO2/c14-13-10(7-8-12(15)16)6-5-9-3-1-2-4-11(9)13/h1-6H,7-8H2,(H,15,16). The third kappa shape index (κ3) is 2.03. The molecular weight excluding hydrogens is 207 g/mol. The van der Waals surface area contributed by atoms with Crippen LogP contribution in [-0.4, -0.2) is 11.1 Å². The van der Waals surface area contributed by atoms with E-state index in [9.17, 15) is 9.18 Å². The largest absolute Gasteiger partial charge is 0.481 e. The Kier molecular flexibility index (Phi) is 2.86. The van der Waals surface area contributed by atoms with E-state index in [1.165, 1.54) is 0 Å². The molecule has 0 aromatic heterocycles. The number of carboxylic acid groups (broad SMARTS) is 1. The number of fused-ring (bicyclic) bond motifs is 1. The minimum absolute atomic E-state index is 0.0464. The van der Waals surface area contributed by atoms with Gasteiger partial charge in [-0.05, 0) is 17.4 Å². The summed E-state index contributed by atoms with van der Waals surface area (Å²) in [4.78, 5) is 10.4. The van der Waals surface area contributed by atoms with E-state index in [1.54, 1.807) is 18.2 Å². The van der Waals surface area contributed by atoms with Gasteiger partial charge in [0.25, 0.3) is 0 Å². The Morgan fingerprint density at radius 2 is 1.94 bits per heavy atom. The fourth-order valence-corrected chi connectivity index (χ4v) is 1.71. The van der Waals surface area contributed by atoms with Gasteiger partial charge in [0.15, 0.2) is 0 Å². The van der Waals surface area contributed by atoms with Gasteiger partial charge >= 0.3 is 5.97 Å². The van der Waals surface area contributed by atoms with Crippen LogP contribution in [-0.2, 0) is 11.2 Å². The summed E-state index contributed by atoms with van der Waals surface area (Å²) < 4.78 is 13.9. The Hall–Kier alpha value is -1.90. The van der Waals surface area contributed by atoms with E-state index >= 15 is 0 Å². The van der Waals surface area contributed by atoms with Crippen LogP contribution in [0.1, 0.15) is 12.0 Å². The van der Waals surface area contributed by atoms with Gasteiger partial charge in [-0.1, -0.05) is 36.4 Å². The van der Waals surface area contributed by atoms with Crippen molar-refractivity contribution < 1.29 is 14.3 Å². The maximum absolute atomic E-state index is 13.9. The number of aliphatic carboxylic acids is 1. The lowest BCUT2D eigenvalue weighted by atomic mass is 10.0. The van der Waals surface area contributed by atoms with Gasteiger partial charge in [0.2, 0.25) is 0 Å². The summed E-state index contributed by atoms with van der Waals surface area (Å²) in [5.41, 5.74) is 0.459. The molecule has 3 heteroatoms. The molecule has 0 atom stereocenters. The molecule has 1 N–H and O–H groups in total. The molecule has 0 aliphatic rings. The van der Waals surface area contributed by atoms with Crippen LogP contribution >= 0.6 is 0 Å². The minimum Gasteiger partial charge on any atom is -0.481 e. The molecule has 2 rings (SSSR count). The molecule has 2 nitrogen and oxygen atoms in total. The molecule has 16 heavy (non-hydrogen) atoms. The van der Waals surface area contributed by atoms with Crippen molar-refractivity contribution in [3.05, 3.63) is 47.8 Å². The van der Waals surface area contributed by atoms with Crippen LogP contribution in [0.4, 0.5) is 4.39 Å². The molecule has 0 aliphatic heterocycles. The Balaban J connectivity index is 2.40. The van der Waals surface area contributed by atoms with Crippen molar-refractivity contribution in [3.63, 3.8) is 0 Å². The lowest BCUT2D eigenvalue weighted by Gasteiger charge is -2.05. The molecule has 0 heterocycles. The molecule has 0 bridgehead atoms. The smallest absolute Gasteiger partial charge is 0.303 e. The molecule has 0 unspecified atom stereocenters. The number of carbonyl (C=O) groups is 1. The highest BCUT2D eigenvalue weighted by molar-refractivity contribution is 5.83. The van der Waals surface area contributed by atoms with Crippen LogP contribution < -0.4 is 0 Å². The lowest BCUT2D eigenvalue weighted by Crippen LogP contribution is -1.99. The number of aryl methyl sites for hydroxylation is 1. The predicted octanol–water partition coefficient (Wildman–Crippen LogP) is 3.00. The third-order valence-corrected chi connectivity index (χ3v) is 2.55. The van der Waals surface area contributed by atoms with Crippen LogP contribution in [0.25, 0.3) is 10.8 Å². The third-order valence-electron chi connectivity index (χ3n) is 2.55. The Bertz CT molecular complexity index is 534. The van der Waals surface area contributed by atoms with E-state index in [1.807, 2.05) is 18.2 Å². The van der Waals surface area contributed by atoms with E-state index < -0.39 is 5.97 Å². The van der Waals surface area contributed by atoms with Gasteiger partial charge in [-0.3, -0.25) is 4.79 Å². The van der Waals surface area contributed by atoms with Gasteiger partial charge in [-0.15, -0.1) is 0 Å². The molecule has 0 saturated carbocycles. The second kappa shape index (κ2) is 4.31.